The van der Waals surface area contributed by atoms with E-state index in [1.54, 1.807) is 60.6 Å². The molecule has 0 spiro atoms. The highest BCUT2D eigenvalue weighted by Gasteiger charge is 2.48. The van der Waals surface area contributed by atoms with Crippen LogP contribution in [0.3, 0.4) is 0 Å². The van der Waals surface area contributed by atoms with Gasteiger partial charge in [0.05, 0.1) is 40.3 Å². The minimum Gasteiger partial charge on any atom is -0.480 e. The summed E-state index contributed by atoms with van der Waals surface area (Å²) in [6.45, 7) is 13.3. The van der Waals surface area contributed by atoms with Crippen LogP contribution >= 0.6 is 7.82 Å². The number of phosphoric acid groups is 1. The number of amides is 5. The lowest BCUT2D eigenvalue weighted by molar-refractivity contribution is -0.155. The number of carbonyl (C=O) groups is 5. The van der Waals surface area contributed by atoms with Crippen molar-refractivity contribution in [2.75, 3.05) is 66.5 Å². The summed E-state index contributed by atoms with van der Waals surface area (Å²) in [7, 11) is -7.85. The average molecular weight is 1090 g/mol. The van der Waals surface area contributed by atoms with Crippen molar-refractivity contribution in [2.45, 2.75) is 110 Å². The number of piperazine rings is 1. The second-order valence-electron chi connectivity index (χ2n) is 22.0. The summed E-state index contributed by atoms with van der Waals surface area (Å²) >= 11 is 0. The van der Waals surface area contributed by atoms with Gasteiger partial charge in [-0.25, -0.2) is 19.5 Å². The predicted octanol–water partition coefficient (Wildman–Crippen LogP) is 5.68. The Morgan fingerprint density at radius 3 is 2.36 bits per heavy atom. The number of aliphatic hydroxyl groups excluding tert-OH is 1. The van der Waals surface area contributed by atoms with E-state index in [1.807, 2.05) is 12.1 Å². The Bertz CT molecular complexity index is 3430. The normalized spacial score (nSPS) is 23.7. The number of methoxy groups -OCH3 is 1. The van der Waals surface area contributed by atoms with Crippen LogP contribution in [0.1, 0.15) is 119 Å². The molecule has 1 aromatic carbocycles. The number of imide groups is 2. The van der Waals surface area contributed by atoms with Crippen molar-refractivity contribution in [3.63, 3.8) is 0 Å². The van der Waals surface area contributed by atoms with Crippen molar-refractivity contribution in [3.05, 3.63) is 101 Å². The first-order valence-corrected chi connectivity index (χ1v) is 27.8. The number of fused-ring (bicyclic) bond motifs is 4. The fourth-order valence-electron chi connectivity index (χ4n) is 12.6. The molecule has 3 saturated heterocycles. The number of nitrogens with zero attached hydrogens (tertiary/aromatic N) is 10. The fraction of sp³-hybridized carbons (Fsp3) is 0.455. The molecule has 9 heterocycles. The molecular formula is C55H64N11O11P. The molecule has 3 fully saturated rings. The molecule has 5 amide bonds. The number of pyridine rings is 3. The minimum atomic E-state index is -5.02. The van der Waals surface area contributed by atoms with Gasteiger partial charge >= 0.3 is 7.82 Å². The van der Waals surface area contributed by atoms with Crippen LogP contribution < -0.4 is 24.8 Å². The van der Waals surface area contributed by atoms with Gasteiger partial charge in [0.2, 0.25) is 11.8 Å². The molecule has 11 rings (SSSR count). The largest absolute Gasteiger partial charge is 0.480 e. The Morgan fingerprint density at radius 1 is 0.846 bits per heavy atom. The van der Waals surface area contributed by atoms with Gasteiger partial charge in [-0.2, -0.15) is 0 Å². The van der Waals surface area contributed by atoms with Crippen LogP contribution in [0.2, 0.25) is 0 Å². The van der Waals surface area contributed by atoms with Crippen molar-refractivity contribution in [1.29, 1.82) is 0 Å². The lowest BCUT2D eigenvalue weighted by atomic mass is 9.90. The molecular weight excluding hydrogens is 1020 g/mol. The summed E-state index contributed by atoms with van der Waals surface area (Å²) < 4.78 is 46.9. The first-order chi connectivity index (χ1) is 38.3. The number of aliphatic hydroxyl groups is 1. The van der Waals surface area contributed by atoms with Gasteiger partial charge < -0.3 is 39.3 Å². The van der Waals surface area contributed by atoms with E-state index < -0.39 is 57.4 Å². The number of likely N-dealkylation sites (tertiary alicyclic amines) is 1. The molecule has 6 aliphatic rings. The SMILES string of the molecule is [2H]C([2H])([2H])Oc1ncc(-c2ccnc(N3CCn4c(cc5c4CC(C)(C)C5)C3=O)c2[C@@H](C)O)cc1Nc1ccc(N2CCN(C3CCN(c4ccc5c(c4)C(=O)N([C@H]4CCC(=O)N(COP(=O)(O)O)C4=O)C5=O)[C@@H](C)C3)C[C@@H]2C)cn1. The number of piperidine rings is 2. The van der Waals surface area contributed by atoms with Gasteiger partial charge in [-0.15, -0.1) is 0 Å². The number of hydrogen-bond donors (Lipinski definition) is 4. The maximum atomic E-state index is 14.2. The standard InChI is InChI=1S/C55H64N11O11P/c1-31-21-36(14-16-61(31)37-7-9-40-41(24-37)52(70)66(51(40)69)43-10-12-47(68)65(53(43)71)30-77-78(73,74)75)60-17-18-62(32(2)29-60)38-8-11-46(57-28-38)59-42-22-35(27-58-50(42)76-6)39-13-15-56-49(48(39)33(3)67)64-20-19-63-44(54(64)72)23-34-25-55(4,5)26-45(34)63/h7-9,11,13,15,22-24,27-28,31-33,36,43,67H,10,12,14,16-21,25-26,29-30H2,1-6H3,(H,57,59)(H2,73,74,75)/t31-,32-,33+,36?,43-/m0/s1/i6D3. The van der Waals surface area contributed by atoms with Crippen LogP contribution in [0.4, 0.5) is 28.7 Å². The summed E-state index contributed by atoms with van der Waals surface area (Å²) in [5, 5.41) is 14.6. The van der Waals surface area contributed by atoms with Crippen LogP contribution in [0.5, 0.6) is 5.88 Å². The lowest BCUT2D eigenvalue weighted by Gasteiger charge is -2.48. The second kappa shape index (κ2) is 20.3. The number of hydrogen-bond acceptors (Lipinski definition) is 16. The van der Waals surface area contributed by atoms with E-state index in [-0.39, 0.29) is 65.0 Å². The van der Waals surface area contributed by atoms with Crippen molar-refractivity contribution in [1.82, 2.24) is 34.2 Å². The van der Waals surface area contributed by atoms with E-state index in [9.17, 15) is 33.6 Å². The smallest absolute Gasteiger partial charge is 0.471 e. The molecule has 4 N–H and O–H groups in total. The van der Waals surface area contributed by atoms with Crippen LogP contribution in [-0.4, -0.2) is 149 Å². The van der Waals surface area contributed by atoms with Gasteiger partial charge in [0, 0.05) is 98.7 Å². The molecule has 0 saturated carbocycles. The zero-order valence-corrected chi connectivity index (χ0v) is 44.9. The number of phosphoric ester groups is 1. The number of anilines is 5. The van der Waals surface area contributed by atoms with E-state index >= 15 is 0 Å². The minimum absolute atomic E-state index is 0.0634. The maximum Gasteiger partial charge on any atom is 0.471 e. The van der Waals surface area contributed by atoms with E-state index in [2.05, 4.69) is 66.8 Å². The van der Waals surface area contributed by atoms with Crippen LogP contribution in [-0.2, 0) is 38.1 Å². The van der Waals surface area contributed by atoms with Crippen LogP contribution in [0.15, 0.2) is 67.1 Å². The van der Waals surface area contributed by atoms with Gasteiger partial charge in [0.15, 0.2) is 0 Å². The van der Waals surface area contributed by atoms with E-state index in [1.165, 1.54) is 17.5 Å². The number of rotatable bonds is 13. The Balaban J connectivity index is 0.737. The third-order valence-corrected chi connectivity index (χ3v) is 16.7. The van der Waals surface area contributed by atoms with Crippen LogP contribution in [0, 0.1) is 5.41 Å². The molecule has 5 aromatic rings. The van der Waals surface area contributed by atoms with Gasteiger partial charge in [0.25, 0.3) is 23.6 Å². The lowest BCUT2D eigenvalue weighted by Crippen LogP contribution is -2.58. The van der Waals surface area contributed by atoms with Crippen molar-refractivity contribution < 1.29 is 56.8 Å². The molecule has 1 aliphatic carbocycles. The topological polar surface area (TPSA) is 257 Å². The first-order valence-electron chi connectivity index (χ1n) is 27.8. The highest BCUT2D eigenvalue weighted by molar-refractivity contribution is 7.46. The Labute approximate surface area is 455 Å². The molecule has 4 aromatic heterocycles. The molecule has 22 nitrogen and oxygen atoms in total. The predicted molar refractivity (Wildman–Crippen MR) is 287 cm³/mol. The Kier molecular flexibility index (Phi) is 12.8. The van der Waals surface area contributed by atoms with Crippen molar-refractivity contribution >= 4 is 66.1 Å². The molecule has 0 radical (unpaired) electrons. The molecule has 410 valence electrons. The maximum absolute atomic E-state index is 14.2. The molecule has 23 heteroatoms. The summed E-state index contributed by atoms with van der Waals surface area (Å²) in [5.41, 5.74) is 6.74. The van der Waals surface area contributed by atoms with Gasteiger partial charge in [0.1, 0.15) is 35.8 Å². The number of ether oxygens (including phenoxy) is 1. The van der Waals surface area contributed by atoms with Crippen molar-refractivity contribution in [2.24, 2.45) is 5.41 Å². The quantitative estimate of drug-likeness (QED) is 0.0817. The average Bonchev–Trinajstić information content (AvgIpc) is 4.04. The Morgan fingerprint density at radius 2 is 1.63 bits per heavy atom. The zero-order chi connectivity index (χ0) is 57.6. The second-order valence-corrected chi connectivity index (χ2v) is 23.3. The van der Waals surface area contributed by atoms with Gasteiger partial charge in [-0.1, -0.05) is 13.8 Å². The van der Waals surface area contributed by atoms with Gasteiger partial charge in [-0.05, 0) is 118 Å². The summed E-state index contributed by atoms with van der Waals surface area (Å²) in [5.74, 6) is -2.71. The van der Waals surface area contributed by atoms with Gasteiger partial charge in [-0.3, -0.25) is 48.1 Å². The van der Waals surface area contributed by atoms with Crippen LogP contribution in [0.25, 0.3) is 11.1 Å². The van der Waals surface area contributed by atoms with E-state index in [0.717, 1.165) is 61.6 Å². The molecule has 1 unspecified atom stereocenters. The monoisotopic (exact) mass is 1090 g/mol. The van der Waals surface area contributed by atoms with Crippen molar-refractivity contribution in [3.8, 4) is 17.0 Å². The number of carbonyl (C=O) groups excluding carboxylic acids is 5. The Hall–Kier alpha value is -7.07. The molecule has 5 aliphatic heterocycles. The number of aromatic nitrogens is 4. The molecule has 78 heavy (non-hydrogen) atoms. The zero-order valence-electron chi connectivity index (χ0n) is 47.0. The number of nitrogens with one attached hydrogen (secondary N) is 1. The first kappa shape index (κ1) is 49.2. The molecule has 0 bridgehead atoms. The third kappa shape index (κ3) is 9.72. The van der Waals surface area contributed by atoms with E-state index in [4.69, 9.17) is 23.6 Å². The summed E-state index contributed by atoms with van der Waals surface area (Å²) in [4.78, 5) is 110. The summed E-state index contributed by atoms with van der Waals surface area (Å²) in [6.07, 6.45) is 6.87. The number of benzene rings is 1. The highest BCUT2D eigenvalue weighted by Crippen LogP contribution is 2.43. The van der Waals surface area contributed by atoms with E-state index in [0.29, 0.717) is 58.6 Å². The fourth-order valence-corrected chi connectivity index (χ4v) is 12.9. The summed E-state index contributed by atoms with van der Waals surface area (Å²) in [6, 6.07) is 13.3. The molecule has 5 atom stereocenters. The highest BCUT2D eigenvalue weighted by atomic mass is 31.2. The third-order valence-electron chi connectivity index (χ3n) is 16.3.